The summed E-state index contributed by atoms with van der Waals surface area (Å²) in [4.78, 5) is 25.9. The van der Waals surface area contributed by atoms with Crippen molar-refractivity contribution < 1.29 is 28.0 Å². The fourth-order valence-corrected chi connectivity index (χ4v) is 4.24. The second kappa shape index (κ2) is 7.83. The lowest BCUT2D eigenvalue weighted by Crippen LogP contribution is -2.63. The molecule has 9 nitrogen and oxygen atoms in total. The molecule has 0 saturated carbocycles. The van der Waals surface area contributed by atoms with Crippen molar-refractivity contribution in [2.75, 3.05) is 13.1 Å². The molecule has 0 bridgehead atoms. The van der Waals surface area contributed by atoms with Gasteiger partial charge in [0.1, 0.15) is 11.1 Å². The number of carbonyl (C=O) groups is 2. The van der Waals surface area contributed by atoms with E-state index in [-0.39, 0.29) is 30.8 Å². The quantitative estimate of drug-likeness (QED) is 0.517. The van der Waals surface area contributed by atoms with Crippen LogP contribution < -0.4 is 10.2 Å². The number of hydrogen-bond donors (Lipinski definition) is 3. The number of piperidine rings is 1. The number of hydrogen-bond acceptors (Lipinski definition) is 6. The van der Waals surface area contributed by atoms with Gasteiger partial charge in [0.2, 0.25) is 10.0 Å². The van der Waals surface area contributed by atoms with Gasteiger partial charge in [-0.2, -0.15) is 4.72 Å². The summed E-state index contributed by atoms with van der Waals surface area (Å²) in [7, 11) is -4.00. The van der Waals surface area contributed by atoms with E-state index in [4.69, 9.17) is 9.94 Å². The van der Waals surface area contributed by atoms with Gasteiger partial charge in [0.25, 0.3) is 5.91 Å². The van der Waals surface area contributed by atoms with Crippen molar-refractivity contribution >= 4 is 22.0 Å². The molecule has 1 fully saturated rings. The van der Waals surface area contributed by atoms with E-state index in [1.807, 2.05) is 0 Å². The number of nitrogens with one attached hydrogen (secondary N) is 2. The zero-order valence-electron chi connectivity index (χ0n) is 15.6. The summed E-state index contributed by atoms with van der Waals surface area (Å²) < 4.78 is 33.0. The topological polar surface area (TPSA) is 125 Å². The maximum absolute atomic E-state index is 12.7. The highest BCUT2D eigenvalue weighted by Gasteiger charge is 2.46. The van der Waals surface area contributed by atoms with Crippen molar-refractivity contribution in [2.45, 2.75) is 49.6 Å². The fraction of sp³-hybridized carbons (Fsp3) is 0.529. The van der Waals surface area contributed by atoms with E-state index in [1.165, 1.54) is 22.5 Å². The van der Waals surface area contributed by atoms with Gasteiger partial charge in [0, 0.05) is 13.1 Å². The van der Waals surface area contributed by atoms with Crippen LogP contribution in [0.4, 0.5) is 4.79 Å². The summed E-state index contributed by atoms with van der Waals surface area (Å²) >= 11 is 0. The highest BCUT2D eigenvalue weighted by molar-refractivity contribution is 7.89. The van der Waals surface area contributed by atoms with Crippen LogP contribution >= 0.6 is 0 Å². The standard InChI is InChI=1S/C17H25N3O6S/c1-16(2,3)26-15(22)20-11-9-17(10-12-20,14(21)18-23)19-27(24,25)13-7-5-4-6-8-13/h4-8,19,23H,9-12H2,1-3H3,(H,18,21). The molecule has 1 heterocycles. The molecule has 10 heteroatoms. The summed E-state index contributed by atoms with van der Waals surface area (Å²) in [6.07, 6.45) is -0.554. The van der Waals surface area contributed by atoms with Crippen molar-refractivity contribution in [1.29, 1.82) is 0 Å². The minimum atomic E-state index is -4.00. The largest absolute Gasteiger partial charge is 0.444 e. The third-order valence-corrected chi connectivity index (χ3v) is 5.74. The second-order valence-electron chi connectivity index (χ2n) is 7.41. The summed E-state index contributed by atoms with van der Waals surface area (Å²) in [6, 6.07) is 7.62. The minimum absolute atomic E-state index is 0.00434. The molecule has 2 rings (SSSR count). The lowest BCUT2D eigenvalue weighted by atomic mass is 9.88. The van der Waals surface area contributed by atoms with E-state index in [9.17, 15) is 18.0 Å². The number of nitrogens with zero attached hydrogens (tertiary/aromatic N) is 1. The number of hydroxylamine groups is 1. The first-order valence-electron chi connectivity index (χ1n) is 8.51. The molecule has 0 aromatic heterocycles. The van der Waals surface area contributed by atoms with E-state index >= 15 is 0 Å². The SMILES string of the molecule is CC(C)(C)OC(=O)N1CCC(NS(=O)(=O)c2ccccc2)(C(=O)NO)CC1. The highest BCUT2D eigenvalue weighted by atomic mass is 32.2. The van der Waals surface area contributed by atoms with Crippen molar-refractivity contribution in [1.82, 2.24) is 15.1 Å². The number of sulfonamides is 1. The molecule has 1 saturated heterocycles. The fourth-order valence-electron chi connectivity index (χ4n) is 2.80. The Bertz CT molecular complexity index is 781. The maximum Gasteiger partial charge on any atom is 0.410 e. The van der Waals surface area contributed by atoms with Gasteiger partial charge in [0.05, 0.1) is 4.90 Å². The molecular weight excluding hydrogens is 374 g/mol. The number of ether oxygens (including phenoxy) is 1. The normalized spacial score (nSPS) is 17.3. The van der Waals surface area contributed by atoms with Crippen molar-refractivity contribution in [3.8, 4) is 0 Å². The molecule has 1 aliphatic rings. The molecule has 0 aliphatic carbocycles. The number of amides is 2. The molecule has 27 heavy (non-hydrogen) atoms. The van der Waals surface area contributed by atoms with E-state index in [1.54, 1.807) is 39.0 Å². The summed E-state index contributed by atoms with van der Waals surface area (Å²) in [5.74, 6) is -0.870. The van der Waals surface area contributed by atoms with Crippen LogP contribution in [0.25, 0.3) is 0 Å². The van der Waals surface area contributed by atoms with Crippen molar-refractivity contribution in [3.05, 3.63) is 30.3 Å². The molecule has 3 N–H and O–H groups in total. The van der Waals surface area contributed by atoms with Gasteiger partial charge in [-0.25, -0.2) is 18.7 Å². The Morgan fingerprint density at radius 1 is 1.15 bits per heavy atom. The Morgan fingerprint density at radius 2 is 1.70 bits per heavy atom. The lowest BCUT2D eigenvalue weighted by molar-refractivity contribution is -0.137. The number of likely N-dealkylation sites (tertiary alicyclic amines) is 1. The van der Waals surface area contributed by atoms with E-state index in [2.05, 4.69) is 4.72 Å². The molecule has 1 aromatic carbocycles. The molecule has 1 aromatic rings. The first-order valence-corrected chi connectivity index (χ1v) is 9.99. The molecule has 0 radical (unpaired) electrons. The van der Waals surface area contributed by atoms with Gasteiger partial charge >= 0.3 is 6.09 Å². The smallest absolute Gasteiger partial charge is 0.410 e. The van der Waals surface area contributed by atoms with E-state index in [0.29, 0.717) is 0 Å². The zero-order valence-corrected chi connectivity index (χ0v) is 16.4. The van der Waals surface area contributed by atoms with Gasteiger partial charge in [-0.15, -0.1) is 0 Å². The molecule has 0 atom stereocenters. The van der Waals surface area contributed by atoms with Crippen molar-refractivity contribution in [2.24, 2.45) is 0 Å². The van der Waals surface area contributed by atoms with Crippen molar-refractivity contribution in [3.63, 3.8) is 0 Å². The van der Waals surface area contributed by atoms with Crippen LogP contribution in [0.3, 0.4) is 0 Å². The van der Waals surface area contributed by atoms with Gasteiger partial charge in [0.15, 0.2) is 0 Å². The van der Waals surface area contributed by atoms with Crippen LogP contribution in [-0.4, -0.2) is 54.8 Å². The minimum Gasteiger partial charge on any atom is -0.444 e. The average molecular weight is 399 g/mol. The van der Waals surface area contributed by atoms with E-state index < -0.39 is 33.2 Å². The molecule has 1 aliphatic heterocycles. The first kappa shape index (κ1) is 21.1. The maximum atomic E-state index is 12.7. The number of benzene rings is 1. The summed E-state index contributed by atoms with van der Waals surface area (Å²) in [5, 5.41) is 9.11. The van der Waals surface area contributed by atoms with Crippen LogP contribution in [0.5, 0.6) is 0 Å². The predicted octanol–water partition coefficient (Wildman–Crippen LogP) is 1.24. The van der Waals surface area contributed by atoms with Crippen LogP contribution in [-0.2, 0) is 19.6 Å². The Kier molecular flexibility index (Phi) is 6.13. The van der Waals surface area contributed by atoms with Crippen LogP contribution in [0.15, 0.2) is 35.2 Å². The molecule has 2 amide bonds. The third-order valence-electron chi connectivity index (χ3n) is 4.19. The Hall–Kier alpha value is -2.17. The zero-order chi connectivity index (χ0) is 20.3. The first-order chi connectivity index (χ1) is 12.5. The van der Waals surface area contributed by atoms with Gasteiger partial charge < -0.3 is 9.64 Å². The highest BCUT2D eigenvalue weighted by Crippen LogP contribution is 2.26. The number of carbonyl (C=O) groups excluding carboxylic acids is 2. The molecule has 0 unspecified atom stereocenters. The van der Waals surface area contributed by atoms with Gasteiger partial charge in [-0.3, -0.25) is 10.0 Å². The van der Waals surface area contributed by atoms with Gasteiger partial charge in [-0.1, -0.05) is 18.2 Å². The van der Waals surface area contributed by atoms with E-state index in [0.717, 1.165) is 0 Å². The van der Waals surface area contributed by atoms with Crippen LogP contribution in [0, 0.1) is 0 Å². The molecule has 0 spiro atoms. The average Bonchev–Trinajstić information content (AvgIpc) is 2.60. The summed E-state index contributed by atoms with van der Waals surface area (Å²) in [6.45, 7) is 5.42. The monoisotopic (exact) mass is 399 g/mol. The Labute approximate surface area is 158 Å². The van der Waals surface area contributed by atoms with Crippen LogP contribution in [0.1, 0.15) is 33.6 Å². The predicted molar refractivity (Wildman–Crippen MR) is 96.5 cm³/mol. The Balaban J connectivity index is 2.18. The third kappa shape index (κ3) is 5.18. The van der Waals surface area contributed by atoms with Crippen LogP contribution in [0.2, 0.25) is 0 Å². The summed E-state index contributed by atoms with van der Waals surface area (Å²) in [5.41, 5.74) is -0.700. The van der Waals surface area contributed by atoms with Gasteiger partial charge in [-0.05, 0) is 45.7 Å². The lowest BCUT2D eigenvalue weighted by Gasteiger charge is -2.40. The number of rotatable bonds is 4. The second-order valence-corrected chi connectivity index (χ2v) is 9.09. The molecule has 150 valence electrons. The Morgan fingerprint density at radius 3 is 2.19 bits per heavy atom. The molecular formula is C17H25N3O6S.